The Morgan fingerprint density at radius 1 is 1.09 bits per heavy atom. The molecule has 3 heteroatoms. The van der Waals surface area contributed by atoms with Gasteiger partial charge in [0.25, 0.3) is 0 Å². The van der Waals surface area contributed by atoms with E-state index in [1.54, 1.807) is 6.92 Å². The van der Waals surface area contributed by atoms with Gasteiger partial charge in [-0.3, -0.25) is 0 Å². The van der Waals surface area contributed by atoms with Gasteiger partial charge in [0, 0.05) is 6.08 Å². The van der Waals surface area contributed by atoms with Crippen LogP contribution >= 0.6 is 0 Å². The summed E-state index contributed by atoms with van der Waals surface area (Å²) in [6.45, 7) is 4.25. The van der Waals surface area contributed by atoms with E-state index in [1.165, 1.54) is 17.2 Å². The maximum Gasteiger partial charge on any atom is 0.330 e. The molecule has 120 valence electrons. The highest BCUT2D eigenvalue weighted by Crippen LogP contribution is 2.22. The van der Waals surface area contributed by atoms with E-state index in [9.17, 15) is 4.79 Å². The molecule has 2 aromatic carbocycles. The van der Waals surface area contributed by atoms with Crippen LogP contribution in [-0.2, 0) is 16.0 Å². The summed E-state index contributed by atoms with van der Waals surface area (Å²) >= 11 is 0. The Morgan fingerprint density at radius 2 is 1.87 bits per heavy atom. The van der Waals surface area contributed by atoms with Gasteiger partial charge in [-0.25, -0.2) is 4.79 Å². The van der Waals surface area contributed by atoms with Crippen molar-refractivity contribution in [2.45, 2.75) is 26.7 Å². The minimum atomic E-state index is -0.283. The van der Waals surface area contributed by atoms with Gasteiger partial charge in [-0.2, -0.15) is 0 Å². The molecule has 23 heavy (non-hydrogen) atoms. The first kappa shape index (κ1) is 16.8. The SMILES string of the molecule is CCOC(=O)C=CCCc1ccc(Oc2cccc(C)c2)cc1. The highest BCUT2D eigenvalue weighted by Gasteiger charge is 1.99. The maximum atomic E-state index is 11.2. The van der Waals surface area contributed by atoms with E-state index >= 15 is 0 Å². The van der Waals surface area contributed by atoms with Crippen LogP contribution < -0.4 is 4.74 Å². The number of allylic oxidation sites excluding steroid dienone is 1. The topological polar surface area (TPSA) is 35.5 Å². The predicted octanol–water partition coefficient (Wildman–Crippen LogP) is 4.84. The summed E-state index contributed by atoms with van der Waals surface area (Å²) in [7, 11) is 0. The molecular weight excluding hydrogens is 288 g/mol. The van der Waals surface area contributed by atoms with Crippen molar-refractivity contribution >= 4 is 5.97 Å². The highest BCUT2D eigenvalue weighted by molar-refractivity contribution is 5.81. The molecule has 3 nitrogen and oxygen atoms in total. The smallest absolute Gasteiger partial charge is 0.330 e. The third-order valence-corrected chi connectivity index (χ3v) is 3.29. The first-order chi connectivity index (χ1) is 11.2. The van der Waals surface area contributed by atoms with Crippen LogP contribution in [0.4, 0.5) is 0 Å². The second kappa shape index (κ2) is 8.79. The largest absolute Gasteiger partial charge is 0.463 e. The number of aryl methyl sites for hydroxylation is 2. The molecule has 0 atom stereocenters. The number of ether oxygens (including phenoxy) is 2. The molecule has 0 radical (unpaired) electrons. The van der Waals surface area contributed by atoms with Crippen LogP contribution in [0.25, 0.3) is 0 Å². The number of benzene rings is 2. The lowest BCUT2D eigenvalue weighted by molar-refractivity contribution is -0.137. The fourth-order valence-electron chi connectivity index (χ4n) is 2.16. The summed E-state index contributed by atoms with van der Waals surface area (Å²) in [5.41, 5.74) is 2.38. The van der Waals surface area contributed by atoms with E-state index in [-0.39, 0.29) is 5.97 Å². The number of carbonyl (C=O) groups is 1. The lowest BCUT2D eigenvalue weighted by Crippen LogP contribution is -1.98. The molecule has 0 saturated heterocycles. The zero-order valence-corrected chi connectivity index (χ0v) is 13.6. The fourth-order valence-corrected chi connectivity index (χ4v) is 2.16. The van der Waals surface area contributed by atoms with Crippen molar-refractivity contribution in [3.63, 3.8) is 0 Å². The summed E-state index contributed by atoms with van der Waals surface area (Å²) in [5.74, 6) is 1.38. The first-order valence-corrected chi connectivity index (χ1v) is 7.84. The second-order valence-corrected chi connectivity index (χ2v) is 5.26. The van der Waals surface area contributed by atoms with E-state index < -0.39 is 0 Å². The Hall–Kier alpha value is -2.55. The van der Waals surface area contributed by atoms with Gasteiger partial charge in [-0.05, 0) is 62.1 Å². The van der Waals surface area contributed by atoms with E-state index in [0.717, 1.165) is 24.3 Å². The highest BCUT2D eigenvalue weighted by atomic mass is 16.5. The molecule has 0 saturated carbocycles. The number of hydrogen-bond donors (Lipinski definition) is 0. The Labute approximate surface area is 137 Å². The van der Waals surface area contributed by atoms with Crippen molar-refractivity contribution < 1.29 is 14.3 Å². The first-order valence-electron chi connectivity index (χ1n) is 7.84. The molecule has 0 bridgehead atoms. The number of hydrogen-bond acceptors (Lipinski definition) is 3. The van der Waals surface area contributed by atoms with Crippen LogP contribution in [0.2, 0.25) is 0 Å². The molecule has 0 spiro atoms. The average Bonchev–Trinajstić information content (AvgIpc) is 2.53. The van der Waals surface area contributed by atoms with Crippen molar-refractivity contribution in [3.8, 4) is 11.5 Å². The number of carbonyl (C=O) groups excluding carboxylic acids is 1. The normalized spacial score (nSPS) is 10.7. The third kappa shape index (κ3) is 5.99. The van der Waals surface area contributed by atoms with Crippen LogP contribution in [-0.4, -0.2) is 12.6 Å². The molecular formula is C20H22O3. The monoisotopic (exact) mass is 310 g/mol. The van der Waals surface area contributed by atoms with Crippen LogP contribution in [0, 0.1) is 6.92 Å². The fraction of sp³-hybridized carbons (Fsp3) is 0.250. The molecule has 0 amide bonds. The Kier molecular flexibility index (Phi) is 6.42. The van der Waals surface area contributed by atoms with Crippen molar-refractivity contribution in [2.24, 2.45) is 0 Å². The molecule has 2 rings (SSSR count). The minimum absolute atomic E-state index is 0.283. The summed E-state index contributed by atoms with van der Waals surface area (Å²) in [6.07, 6.45) is 5.01. The van der Waals surface area contributed by atoms with E-state index in [0.29, 0.717) is 6.61 Å². The van der Waals surface area contributed by atoms with Gasteiger partial charge < -0.3 is 9.47 Å². The van der Waals surface area contributed by atoms with Crippen LogP contribution in [0.3, 0.4) is 0 Å². The molecule has 0 N–H and O–H groups in total. The van der Waals surface area contributed by atoms with Crippen molar-refractivity contribution in [3.05, 3.63) is 71.8 Å². The molecule has 0 unspecified atom stereocenters. The molecule has 2 aromatic rings. The van der Waals surface area contributed by atoms with Gasteiger partial charge in [0.15, 0.2) is 0 Å². The molecule has 0 aliphatic carbocycles. The van der Waals surface area contributed by atoms with Crippen LogP contribution in [0.5, 0.6) is 11.5 Å². The van der Waals surface area contributed by atoms with E-state index in [4.69, 9.17) is 9.47 Å². The summed E-state index contributed by atoms with van der Waals surface area (Å²) in [6, 6.07) is 16.0. The van der Waals surface area contributed by atoms with Crippen molar-refractivity contribution in [2.75, 3.05) is 6.61 Å². The second-order valence-electron chi connectivity index (χ2n) is 5.26. The summed E-state index contributed by atoms with van der Waals surface area (Å²) in [4.78, 5) is 11.2. The predicted molar refractivity (Wildman–Crippen MR) is 91.8 cm³/mol. The standard InChI is InChI=1S/C20H22O3/c1-3-22-20(21)10-5-4-8-17-11-13-18(14-12-17)23-19-9-6-7-16(2)15-19/h5-7,9-15H,3-4,8H2,1-2H3. The van der Waals surface area contributed by atoms with Gasteiger partial charge in [-0.15, -0.1) is 0 Å². The van der Waals surface area contributed by atoms with Gasteiger partial charge in [0.05, 0.1) is 6.61 Å². The molecule has 0 fully saturated rings. The van der Waals surface area contributed by atoms with Gasteiger partial charge in [0.1, 0.15) is 11.5 Å². The van der Waals surface area contributed by atoms with Crippen LogP contribution in [0.15, 0.2) is 60.7 Å². The van der Waals surface area contributed by atoms with Gasteiger partial charge in [0.2, 0.25) is 0 Å². The van der Waals surface area contributed by atoms with Gasteiger partial charge >= 0.3 is 5.97 Å². The average molecular weight is 310 g/mol. The van der Waals surface area contributed by atoms with E-state index in [1.807, 2.05) is 61.5 Å². The Morgan fingerprint density at radius 3 is 2.57 bits per heavy atom. The van der Waals surface area contributed by atoms with Crippen molar-refractivity contribution in [1.29, 1.82) is 0 Å². The maximum absolute atomic E-state index is 11.2. The minimum Gasteiger partial charge on any atom is -0.463 e. The third-order valence-electron chi connectivity index (χ3n) is 3.29. The molecule has 0 aliphatic rings. The van der Waals surface area contributed by atoms with Crippen molar-refractivity contribution in [1.82, 2.24) is 0 Å². The van der Waals surface area contributed by atoms with Crippen LogP contribution in [0.1, 0.15) is 24.5 Å². The number of esters is 1. The quantitative estimate of drug-likeness (QED) is 0.542. The summed E-state index contributed by atoms with van der Waals surface area (Å²) < 4.78 is 10.7. The van der Waals surface area contributed by atoms with Gasteiger partial charge in [-0.1, -0.05) is 30.3 Å². The Bertz CT molecular complexity index is 657. The number of rotatable bonds is 7. The molecule has 0 aliphatic heterocycles. The molecule has 0 heterocycles. The Balaban J connectivity index is 1.84. The summed E-state index contributed by atoms with van der Waals surface area (Å²) in [5, 5.41) is 0. The lowest BCUT2D eigenvalue weighted by atomic mass is 10.1. The van der Waals surface area contributed by atoms with E-state index in [2.05, 4.69) is 0 Å². The lowest BCUT2D eigenvalue weighted by Gasteiger charge is -2.07. The molecule has 0 aromatic heterocycles. The zero-order valence-electron chi connectivity index (χ0n) is 13.6. The zero-order chi connectivity index (χ0) is 16.5.